The number of rotatable bonds is 6. The fraction of sp³-hybridized carbons (Fsp3) is 0.800. The molecule has 1 atom stereocenters. The summed E-state index contributed by atoms with van der Waals surface area (Å²) >= 11 is 0. The third-order valence-corrected chi connectivity index (χ3v) is 3.53. The van der Waals surface area contributed by atoms with E-state index >= 15 is 0 Å². The van der Waals surface area contributed by atoms with Gasteiger partial charge in [-0.3, -0.25) is 9.69 Å². The first-order valence-electron chi connectivity index (χ1n) is 6.98. The van der Waals surface area contributed by atoms with Crippen molar-refractivity contribution in [3.63, 3.8) is 0 Å². The number of hydrogen-bond donors (Lipinski definition) is 0. The molecule has 2 heteroatoms. The van der Waals surface area contributed by atoms with Crippen LogP contribution in [0, 0.1) is 5.92 Å². The number of piperidine rings is 1. The van der Waals surface area contributed by atoms with Gasteiger partial charge >= 0.3 is 0 Å². The van der Waals surface area contributed by atoms with Gasteiger partial charge in [0, 0.05) is 5.92 Å². The van der Waals surface area contributed by atoms with Gasteiger partial charge in [0.05, 0.1) is 6.54 Å². The Kier molecular flexibility index (Phi) is 6.49. The number of allylic oxidation sites excluding steroid dienone is 2. The first-order valence-corrected chi connectivity index (χ1v) is 6.98. The lowest BCUT2D eigenvalue weighted by molar-refractivity contribution is -0.123. The van der Waals surface area contributed by atoms with Gasteiger partial charge in [-0.2, -0.15) is 0 Å². The Hall–Kier alpha value is -0.630. The Morgan fingerprint density at radius 2 is 1.88 bits per heavy atom. The summed E-state index contributed by atoms with van der Waals surface area (Å²) in [5, 5.41) is 0. The molecule has 1 unspecified atom stereocenters. The number of carbonyl (C=O) groups excluding carboxylic acids is 1. The van der Waals surface area contributed by atoms with Crippen molar-refractivity contribution in [2.45, 2.75) is 52.9 Å². The molecular weight excluding hydrogens is 210 g/mol. The summed E-state index contributed by atoms with van der Waals surface area (Å²) in [6.45, 7) is 9.21. The highest BCUT2D eigenvalue weighted by atomic mass is 16.1. The van der Waals surface area contributed by atoms with Crippen molar-refractivity contribution >= 4 is 5.78 Å². The molecule has 0 N–H and O–H groups in total. The van der Waals surface area contributed by atoms with Gasteiger partial charge in [-0.05, 0) is 52.6 Å². The minimum Gasteiger partial charge on any atom is -0.298 e. The van der Waals surface area contributed by atoms with E-state index in [9.17, 15) is 4.79 Å². The molecule has 0 spiro atoms. The monoisotopic (exact) mass is 237 g/mol. The maximum Gasteiger partial charge on any atom is 0.149 e. The van der Waals surface area contributed by atoms with E-state index in [1.54, 1.807) is 0 Å². The molecule has 1 heterocycles. The van der Waals surface area contributed by atoms with E-state index < -0.39 is 0 Å². The summed E-state index contributed by atoms with van der Waals surface area (Å²) in [5.41, 5.74) is 1.35. The zero-order chi connectivity index (χ0) is 12.7. The lowest BCUT2D eigenvalue weighted by Gasteiger charge is -2.26. The van der Waals surface area contributed by atoms with Crippen molar-refractivity contribution in [3.8, 4) is 0 Å². The second-order valence-corrected chi connectivity index (χ2v) is 5.56. The highest BCUT2D eigenvalue weighted by Gasteiger charge is 2.17. The van der Waals surface area contributed by atoms with E-state index in [4.69, 9.17) is 0 Å². The molecule has 1 aliphatic rings. The Morgan fingerprint density at radius 1 is 1.24 bits per heavy atom. The fourth-order valence-electron chi connectivity index (χ4n) is 2.28. The van der Waals surface area contributed by atoms with Crippen molar-refractivity contribution in [1.29, 1.82) is 0 Å². The van der Waals surface area contributed by atoms with Crippen molar-refractivity contribution in [2.75, 3.05) is 19.6 Å². The Bertz CT molecular complexity index is 260. The minimum absolute atomic E-state index is 0.215. The molecule has 0 aliphatic carbocycles. The lowest BCUT2D eigenvalue weighted by atomic mass is 9.98. The molecule has 0 aromatic rings. The molecule has 0 bridgehead atoms. The zero-order valence-corrected chi connectivity index (χ0v) is 11.7. The molecule has 0 radical (unpaired) electrons. The van der Waals surface area contributed by atoms with Crippen LogP contribution in [0.3, 0.4) is 0 Å². The maximum atomic E-state index is 12.0. The first-order chi connectivity index (χ1) is 8.09. The Balaban J connectivity index is 2.23. The molecule has 1 aliphatic heterocycles. The van der Waals surface area contributed by atoms with E-state index in [1.807, 2.05) is 0 Å². The van der Waals surface area contributed by atoms with Gasteiger partial charge in [-0.15, -0.1) is 0 Å². The topological polar surface area (TPSA) is 20.3 Å². The SMILES string of the molecule is CC(C)=CCCC(C)C(=O)CN1CCCCC1. The molecule has 1 saturated heterocycles. The van der Waals surface area contributed by atoms with Crippen LogP contribution >= 0.6 is 0 Å². The van der Waals surface area contributed by atoms with Crippen LogP contribution in [0.2, 0.25) is 0 Å². The van der Waals surface area contributed by atoms with Gasteiger partial charge in [0.1, 0.15) is 5.78 Å². The van der Waals surface area contributed by atoms with Crippen LogP contribution in [0.1, 0.15) is 52.9 Å². The number of likely N-dealkylation sites (tertiary alicyclic amines) is 1. The van der Waals surface area contributed by atoms with Gasteiger partial charge in [0.25, 0.3) is 0 Å². The second-order valence-electron chi connectivity index (χ2n) is 5.56. The summed E-state index contributed by atoms with van der Waals surface area (Å²) in [6, 6.07) is 0. The summed E-state index contributed by atoms with van der Waals surface area (Å²) in [4.78, 5) is 14.3. The molecule has 0 amide bonds. The smallest absolute Gasteiger partial charge is 0.149 e. The van der Waals surface area contributed by atoms with Gasteiger partial charge in [0.15, 0.2) is 0 Å². The van der Waals surface area contributed by atoms with Crippen LogP contribution < -0.4 is 0 Å². The van der Waals surface area contributed by atoms with Crippen LogP contribution in [-0.2, 0) is 4.79 Å². The van der Waals surface area contributed by atoms with E-state index in [1.165, 1.54) is 24.8 Å². The molecule has 0 aromatic heterocycles. The minimum atomic E-state index is 0.215. The van der Waals surface area contributed by atoms with Gasteiger partial charge in [-0.1, -0.05) is 25.0 Å². The van der Waals surface area contributed by atoms with Crippen LogP contribution in [-0.4, -0.2) is 30.3 Å². The van der Waals surface area contributed by atoms with Crippen LogP contribution in [0.25, 0.3) is 0 Å². The number of Topliss-reactive ketones (excluding diaryl/α,β-unsaturated/α-hetero) is 1. The molecule has 0 saturated carbocycles. The standard InChI is InChI=1S/C15H27NO/c1-13(2)8-7-9-14(3)15(17)12-16-10-5-4-6-11-16/h8,14H,4-7,9-12H2,1-3H3. The summed E-state index contributed by atoms with van der Waals surface area (Å²) in [5.74, 6) is 0.640. The van der Waals surface area contributed by atoms with Crippen molar-refractivity contribution in [2.24, 2.45) is 5.92 Å². The summed E-state index contributed by atoms with van der Waals surface area (Å²) in [7, 11) is 0. The zero-order valence-electron chi connectivity index (χ0n) is 11.7. The van der Waals surface area contributed by atoms with E-state index in [0.29, 0.717) is 12.3 Å². The number of nitrogens with zero attached hydrogens (tertiary/aromatic N) is 1. The van der Waals surface area contributed by atoms with Gasteiger partial charge in [0.2, 0.25) is 0 Å². The number of ketones is 1. The van der Waals surface area contributed by atoms with Crippen molar-refractivity contribution < 1.29 is 4.79 Å². The van der Waals surface area contributed by atoms with Gasteiger partial charge < -0.3 is 0 Å². The number of hydrogen-bond acceptors (Lipinski definition) is 2. The van der Waals surface area contributed by atoms with Gasteiger partial charge in [-0.25, -0.2) is 0 Å². The third-order valence-electron chi connectivity index (χ3n) is 3.53. The van der Waals surface area contributed by atoms with Crippen LogP contribution in [0.5, 0.6) is 0 Å². The molecule has 0 aromatic carbocycles. The molecule has 1 fully saturated rings. The molecular formula is C15H27NO. The predicted octanol–water partition coefficient (Wildman–Crippen LogP) is 3.42. The Morgan fingerprint density at radius 3 is 2.47 bits per heavy atom. The summed E-state index contributed by atoms with van der Waals surface area (Å²) in [6.07, 6.45) is 8.12. The van der Waals surface area contributed by atoms with Crippen molar-refractivity contribution in [1.82, 2.24) is 4.90 Å². The third kappa shape index (κ3) is 6.02. The summed E-state index contributed by atoms with van der Waals surface area (Å²) < 4.78 is 0. The average Bonchev–Trinajstić information content (AvgIpc) is 2.29. The van der Waals surface area contributed by atoms with E-state index in [0.717, 1.165) is 25.9 Å². The number of carbonyl (C=O) groups is 1. The lowest BCUT2D eigenvalue weighted by Crippen LogP contribution is -2.36. The molecule has 1 rings (SSSR count). The average molecular weight is 237 g/mol. The van der Waals surface area contributed by atoms with E-state index in [-0.39, 0.29) is 5.92 Å². The highest BCUT2D eigenvalue weighted by Crippen LogP contribution is 2.13. The molecule has 98 valence electrons. The molecule has 2 nitrogen and oxygen atoms in total. The largest absolute Gasteiger partial charge is 0.298 e. The second kappa shape index (κ2) is 7.65. The predicted molar refractivity (Wildman–Crippen MR) is 73.1 cm³/mol. The highest BCUT2D eigenvalue weighted by molar-refractivity contribution is 5.82. The molecule has 17 heavy (non-hydrogen) atoms. The van der Waals surface area contributed by atoms with Crippen LogP contribution in [0.15, 0.2) is 11.6 Å². The first kappa shape index (κ1) is 14.4. The quantitative estimate of drug-likeness (QED) is 0.660. The normalized spacial score (nSPS) is 18.8. The Labute approximate surface area is 106 Å². The van der Waals surface area contributed by atoms with E-state index in [2.05, 4.69) is 31.7 Å². The maximum absolute atomic E-state index is 12.0. The fourth-order valence-corrected chi connectivity index (χ4v) is 2.28. The van der Waals surface area contributed by atoms with Crippen molar-refractivity contribution in [3.05, 3.63) is 11.6 Å². The van der Waals surface area contributed by atoms with Crippen LogP contribution in [0.4, 0.5) is 0 Å².